The molecule has 0 aliphatic carbocycles. The summed E-state index contributed by atoms with van der Waals surface area (Å²) in [6.45, 7) is 0.790. The minimum atomic E-state index is -0.398. The molecule has 1 unspecified atom stereocenters. The molecule has 6 heteroatoms. The summed E-state index contributed by atoms with van der Waals surface area (Å²) in [5.41, 5.74) is 1.69. The van der Waals surface area contributed by atoms with Crippen LogP contribution in [0.15, 0.2) is 34.5 Å². The molecule has 1 atom stereocenters. The van der Waals surface area contributed by atoms with E-state index in [-0.39, 0.29) is 11.9 Å². The summed E-state index contributed by atoms with van der Waals surface area (Å²) in [6.07, 6.45) is 11.0. The molecule has 3 heterocycles. The van der Waals surface area contributed by atoms with Crippen molar-refractivity contribution < 1.29 is 4.79 Å². The fourth-order valence-electron chi connectivity index (χ4n) is 4.08. The minimum Gasteiger partial charge on any atom is -0.333 e. The Balaban J connectivity index is 1.49. The van der Waals surface area contributed by atoms with Crippen LogP contribution in [0.3, 0.4) is 0 Å². The van der Waals surface area contributed by atoms with Crippen molar-refractivity contribution in [1.82, 2.24) is 14.5 Å². The average molecular weight is 363 g/mol. The summed E-state index contributed by atoms with van der Waals surface area (Å²) in [5.74, 6) is 3.79. The zero-order valence-corrected chi connectivity index (χ0v) is 15.8. The molecule has 2 aromatic rings. The maximum atomic E-state index is 13.0. The molecule has 0 bridgehead atoms. The summed E-state index contributed by atoms with van der Waals surface area (Å²) in [5, 5.41) is 8.30. The summed E-state index contributed by atoms with van der Waals surface area (Å²) < 4.78 is 2.13. The largest absolute Gasteiger partial charge is 0.333 e. The molecule has 2 aliphatic rings. The lowest BCUT2D eigenvalue weighted by Crippen LogP contribution is -2.40. The highest BCUT2D eigenvalue weighted by molar-refractivity contribution is 5.78. The Bertz CT molecular complexity index is 916. The van der Waals surface area contributed by atoms with E-state index < -0.39 is 5.66 Å². The van der Waals surface area contributed by atoms with E-state index in [1.54, 1.807) is 0 Å². The highest BCUT2D eigenvalue weighted by atomic mass is 16.2. The molecule has 0 radical (unpaired) electrons. The molecule has 0 saturated carbocycles. The molecule has 4 rings (SSSR count). The second kappa shape index (κ2) is 7.15. The van der Waals surface area contributed by atoms with Crippen LogP contribution < -0.4 is 0 Å². The summed E-state index contributed by atoms with van der Waals surface area (Å²) in [6, 6.07) is 8.17. The van der Waals surface area contributed by atoms with Crippen molar-refractivity contribution in [3.8, 4) is 12.3 Å². The number of aryl methyl sites for hydroxylation is 1. The average Bonchev–Trinajstić information content (AvgIpc) is 3.41. The number of likely N-dealkylation sites (tertiary alicyclic amines) is 1. The van der Waals surface area contributed by atoms with Gasteiger partial charge in [-0.05, 0) is 31.4 Å². The molecular weight excluding hydrogens is 338 g/mol. The number of para-hydroxylation sites is 2. The number of hydrogen-bond donors (Lipinski definition) is 0. The number of terminal acetylenes is 1. The number of nitrogens with zero attached hydrogens (tertiary/aromatic N) is 5. The van der Waals surface area contributed by atoms with Gasteiger partial charge in [0, 0.05) is 39.3 Å². The smallest absolute Gasteiger partial charge is 0.223 e. The first-order chi connectivity index (χ1) is 13.1. The molecule has 1 aromatic carbocycles. The first-order valence-corrected chi connectivity index (χ1v) is 9.72. The van der Waals surface area contributed by atoms with Gasteiger partial charge in [0.25, 0.3) is 0 Å². The summed E-state index contributed by atoms with van der Waals surface area (Å²) >= 11 is 0. The molecule has 6 nitrogen and oxygen atoms in total. The fraction of sp³-hybridized carbons (Fsp3) is 0.524. The van der Waals surface area contributed by atoms with Gasteiger partial charge >= 0.3 is 0 Å². The maximum Gasteiger partial charge on any atom is 0.223 e. The van der Waals surface area contributed by atoms with Gasteiger partial charge in [-0.3, -0.25) is 4.79 Å². The van der Waals surface area contributed by atoms with Crippen LogP contribution in [0.2, 0.25) is 0 Å². The first kappa shape index (κ1) is 17.7. The van der Waals surface area contributed by atoms with Crippen molar-refractivity contribution in [3.05, 3.63) is 30.1 Å². The predicted octanol–water partition coefficient (Wildman–Crippen LogP) is 3.98. The quantitative estimate of drug-likeness (QED) is 0.729. The van der Waals surface area contributed by atoms with E-state index in [0.717, 1.165) is 49.1 Å². The molecule has 140 valence electrons. The van der Waals surface area contributed by atoms with Crippen molar-refractivity contribution in [3.63, 3.8) is 0 Å². The van der Waals surface area contributed by atoms with Crippen LogP contribution in [0.5, 0.6) is 0 Å². The number of aromatic nitrogens is 2. The SMILES string of the molecule is C#CCCC1(CCC(=O)N2CCCCC2c2nc3ccccc3n2C)N=N1. The van der Waals surface area contributed by atoms with E-state index in [2.05, 4.69) is 26.8 Å². The minimum absolute atomic E-state index is 0.0402. The first-order valence-electron chi connectivity index (χ1n) is 9.72. The van der Waals surface area contributed by atoms with E-state index in [4.69, 9.17) is 11.4 Å². The van der Waals surface area contributed by atoms with Crippen molar-refractivity contribution >= 4 is 16.9 Å². The lowest BCUT2D eigenvalue weighted by molar-refractivity contribution is -0.135. The molecule has 27 heavy (non-hydrogen) atoms. The van der Waals surface area contributed by atoms with E-state index in [1.807, 2.05) is 30.1 Å². The zero-order valence-electron chi connectivity index (χ0n) is 15.8. The second-order valence-corrected chi connectivity index (χ2v) is 7.50. The van der Waals surface area contributed by atoms with Crippen LogP contribution in [0.4, 0.5) is 0 Å². The Morgan fingerprint density at radius 3 is 2.85 bits per heavy atom. The molecule has 1 aromatic heterocycles. The molecule has 0 N–H and O–H groups in total. The van der Waals surface area contributed by atoms with Crippen molar-refractivity contribution in [2.45, 2.75) is 56.7 Å². The maximum absolute atomic E-state index is 13.0. The van der Waals surface area contributed by atoms with Crippen LogP contribution in [0.25, 0.3) is 11.0 Å². The van der Waals surface area contributed by atoms with Gasteiger partial charge in [-0.15, -0.1) is 12.3 Å². The van der Waals surface area contributed by atoms with Crippen LogP contribution in [-0.2, 0) is 11.8 Å². The number of carbonyl (C=O) groups is 1. The van der Waals surface area contributed by atoms with Gasteiger partial charge in [0.1, 0.15) is 5.82 Å². The van der Waals surface area contributed by atoms with E-state index in [0.29, 0.717) is 19.3 Å². The lowest BCUT2D eigenvalue weighted by atomic mass is 9.98. The van der Waals surface area contributed by atoms with E-state index in [9.17, 15) is 4.79 Å². The van der Waals surface area contributed by atoms with Crippen LogP contribution in [-0.4, -0.2) is 32.6 Å². The number of hydrogen-bond acceptors (Lipinski definition) is 4. The van der Waals surface area contributed by atoms with Crippen molar-refractivity contribution in [2.75, 3.05) is 6.54 Å². The van der Waals surface area contributed by atoms with Gasteiger partial charge in [-0.25, -0.2) is 4.98 Å². The molecule has 1 fully saturated rings. The Kier molecular flexibility index (Phi) is 4.69. The van der Waals surface area contributed by atoms with E-state index >= 15 is 0 Å². The number of benzene rings is 1. The zero-order chi connectivity index (χ0) is 18.9. The van der Waals surface area contributed by atoms with Crippen LogP contribution in [0, 0.1) is 12.3 Å². The number of piperidine rings is 1. The summed E-state index contributed by atoms with van der Waals surface area (Å²) in [7, 11) is 2.04. The third-order valence-corrected chi connectivity index (χ3v) is 5.73. The molecule has 1 saturated heterocycles. The van der Waals surface area contributed by atoms with Gasteiger partial charge in [-0.2, -0.15) is 10.2 Å². The van der Waals surface area contributed by atoms with Crippen molar-refractivity contribution in [1.29, 1.82) is 0 Å². The lowest BCUT2D eigenvalue weighted by Gasteiger charge is -2.35. The van der Waals surface area contributed by atoms with Gasteiger partial charge < -0.3 is 9.47 Å². The highest BCUT2D eigenvalue weighted by Crippen LogP contribution is 2.39. The van der Waals surface area contributed by atoms with Crippen molar-refractivity contribution in [2.24, 2.45) is 17.3 Å². The Morgan fingerprint density at radius 2 is 2.11 bits per heavy atom. The molecule has 1 amide bonds. The van der Waals surface area contributed by atoms with Crippen LogP contribution in [0.1, 0.15) is 56.8 Å². The Morgan fingerprint density at radius 1 is 1.30 bits per heavy atom. The summed E-state index contributed by atoms with van der Waals surface area (Å²) in [4.78, 5) is 19.9. The van der Waals surface area contributed by atoms with Crippen LogP contribution >= 0.6 is 0 Å². The molecular formula is C21H25N5O. The topological polar surface area (TPSA) is 62.9 Å². The Labute approximate surface area is 159 Å². The number of imidazole rings is 1. The highest BCUT2D eigenvalue weighted by Gasteiger charge is 2.40. The standard InChI is InChI=1S/C21H25N5O/c1-3-4-13-21(23-24-21)14-12-19(27)26-15-8-7-11-18(26)20-22-16-9-5-6-10-17(16)25(20)2/h1,5-6,9-10,18H,4,7-8,11-15H2,2H3. The molecule has 2 aliphatic heterocycles. The second-order valence-electron chi connectivity index (χ2n) is 7.50. The van der Waals surface area contributed by atoms with Gasteiger partial charge in [-0.1, -0.05) is 12.1 Å². The van der Waals surface area contributed by atoms with Gasteiger partial charge in [0.2, 0.25) is 5.91 Å². The number of fused-ring (bicyclic) bond motifs is 1. The Hall–Kier alpha value is -2.68. The van der Waals surface area contributed by atoms with Gasteiger partial charge in [0.15, 0.2) is 5.66 Å². The molecule has 0 spiro atoms. The van der Waals surface area contributed by atoms with E-state index in [1.165, 1.54) is 0 Å². The monoisotopic (exact) mass is 363 g/mol. The number of carbonyl (C=O) groups excluding carboxylic acids is 1. The normalized spacial score (nSPS) is 20.6. The number of rotatable bonds is 6. The van der Waals surface area contributed by atoms with Gasteiger partial charge in [0.05, 0.1) is 17.1 Å². The number of amides is 1. The predicted molar refractivity (Wildman–Crippen MR) is 104 cm³/mol. The third-order valence-electron chi connectivity index (χ3n) is 5.73. The fourth-order valence-corrected chi connectivity index (χ4v) is 4.08. The third kappa shape index (κ3) is 3.46.